The SMILES string of the molecule is Clc1ccc(-c2ccc(-c3ccc4ccccc4c3)cc2)cc1.c1ccc(-c2ccc(N(c3ccc(-c4ccc(-c5ccc6ccccc6c5)cc4)cc3)c3ccc(-n4c5ccccc5c5ccccc54)cc3)cc2)cc1.c1ccc(-c2ccc(Nc3ccc(-n4c5ccccc5c5ccccc54)cc3)cc2)cc1. The summed E-state index contributed by atoms with van der Waals surface area (Å²) in [5, 5.41) is 14.4. The van der Waals surface area contributed by atoms with Crippen molar-refractivity contribution >= 4 is 105 Å². The van der Waals surface area contributed by atoms with Gasteiger partial charge in [-0.3, -0.25) is 0 Å². The Kier molecular flexibility index (Phi) is 18.5. The second-order valence-electron chi connectivity index (χ2n) is 27.5. The van der Waals surface area contributed by atoms with Crippen LogP contribution in [0.3, 0.4) is 0 Å². The van der Waals surface area contributed by atoms with Gasteiger partial charge < -0.3 is 19.4 Å². The third kappa shape index (κ3) is 14.0. The van der Waals surface area contributed by atoms with E-state index >= 15 is 0 Å². The first-order chi connectivity index (χ1) is 53.9. The van der Waals surface area contributed by atoms with Crippen molar-refractivity contribution in [3.05, 3.63) is 442 Å². The van der Waals surface area contributed by atoms with Crippen molar-refractivity contribution in [2.45, 2.75) is 0 Å². The molecule has 0 amide bonds. The quantitative estimate of drug-likeness (QED) is 0.124. The Bertz CT molecular complexity index is 6440. The lowest BCUT2D eigenvalue weighted by molar-refractivity contribution is 1.17. The Morgan fingerprint density at radius 1 is 0.193 bits per heavy atom. The summed E-state index contributed by atoms with van der Waals surface area (Å²) in [6.07, 6.45) is 0. The van der Waals surface area contributed by atoms with E-state index in [1.165, 1.54) is 132 Å². The van der Waals surface area contributed by atoms with Gasteiger partial charge >= 0.3 is 0 Å². The third-order valence-electron chi connectivity index (χ3n) is 20.7. The maximum Gasteiger partial charge on any atom is 0.0541 e. The van der Waals surface area contributed by atoms with Gasteiger partial charge in [-0.2, -0.15) is 0 Å². The summed E-state index contributed by atoms with van der Waals surface area (Å²) in [6, 6.07) is 155. The van der Waals surface area contributed by atoms with Gasteiger partial charge in [0.2, 0.25) is 0 Å². The third-order valence-corrected chi connectivity index (χ3v) is 21.0. The lowest BCUT2D eigenvalue weighted by Crippen LogP contribution is -2.10. The molecule has 5 heteroatoms. The van der Waals surface area contributed by atoms with Gasteiger partial charge in [0.1, 0.15) is 0 Å². The predicted molar refractivity (Wildman–Crippen MR) is 465 cm³/mol. The Balaban J connectivity index is 0.000000128. The molecule has 18 aromatic carbocycles. The first-order valence-electron chi connectivity index (χ1n) is 37.0. The van der Waals surface area contributed by atoms with Crippen LogP contribution >= 0.6 is 11.6 Å². The average molecular weight is 1410 g/mol. The van der Waals surface area contributed by atoms with Gasteiger partial charge in [-0.1, -0.05) is 315 Å². The number of nitrogens with zero attached hydrogens (tertiary/aromatic N) is 3. The van der Waals surface area contributed by atoms with E-state index in [0.717, 1.165) is 44.8 Å². The first-order valence-corrected chi connectivity index (χ1v) is 37.4. The number of halogens is 1. The molecule has 2 aromatic heterocycles. The van der Waals surface area contributed by atoms with Crippen molar-refractivity contribution in [2.24, 2.45) is 0 Å². The Hall–Kier alpha value is -14.0. The van der Waals surface area contributed by atoms with E-state index in [1.54, 1.807) is 0 Å². The average Bonchev–Trinajstić information content (AvgIpc) is 1.60. The molecule has 2 heterocycles. The smallest absolute Gasteiger partial charge is 0.0541 e. The number of anilines is 5. The van der Waals surface area contributed by atoms with E-state index in [4.69, 9.17) is 11.6 Å². The summed E-state index contributed by atoms with van der Waals surface area (Å²) in [5.41, 5.74) is 27.2. The van der Waals surface area contributed by atoms with Crippen molar-refractivity contribution < 1.29 is 0 Å². The molecular weight excluding hydrogens is 1340 g/mol. The molecule has 0 spiro atoms. The van der Waals surface area contributed by atoms with E-state index in [-0.39, 0.29) is 0 Å². The zero-order chi connectivity index (χ0) is 72.8. The van der Waals surface area contributed by atoms with Crippen LogP contribution in [0.1, 0.15) is 0 Å². The number of nitrogens with one attached hydrogen (secondary N) is 1. The van der Waals surface area contributed by atoms with Gasteiger partial charge in [0.15, 0.2) is 0 Å². The minimum atomic E-state index is 0.765. The fourth-order valence-corrected chi connectivity index (χ4v) is 15.3. The number of para-hydroxylation sites is 4. The van der Waals surface area contributed by atoms with Gasteiger partial charge in [-0.15, -0.1) is 0 Å². The summed E-state index contributed by atoms with van der Waals surface area (Å²) in [6.45, 7) is 0. The molecule has 0 bridgehead atoms. The molecule has 0 saturated heterocycles. The van der Waals surface area contributed by atoms with Crippen LogP contribution in [-0.2, 0) is 0 Å². The van der Waals surface area contributed by atoms with Crippen molar-refractivity contribution in [2.75, 3.05) is 10.2 Å². The van der Waals surface area contributed by atoms with Crippen LogP contribution in [0.2, 0.25) is 5.02 Å². The molecular formula is C104H73ClN4. The zero-order valence-electron chi connectivity index (χ0n) is 59.8. The number of hydrogen-bond donors (Lipinski definition) is 1. The molecule has 516 valence electrons. The maximum absolute atomic E-state index is 5.95. The Morgan fingerprint density at radius 3 is 0.789 bits per heavy atom. The van der Waals surface area contributed by atoms with Gasteiger partial charge in [0.05, 0.1) is 22.1 Å². The summed E-state index contributed by atoms with van der Waals surface area (Å²) in [4.78, 5) is 2.34. The molecule has 0 unspecified atom stereocenters. The van der Waals surface area contributed by atoms with Crippen molar-refractivity contribution in [3.8, 4) is 78.1 Å². The fraction of sp³-hybridized carbons (Fsp3) is 0. The normalized spacial score (nSPS) is 11.2. The summed E-state index contributed by atoms with van der Waals surface area (Å²) in [5.74, 6) is 0. The molecule has 0 aliphatic carbocycles. The lowest BCUT2D eigenvalue weighted by Gasteiger charge is -2.26. The van der Waals surface area contributed by atoms with Crippen LogP contribution in [0.5, 0.6) is 0 Å². The summed E-state index contributed by atoms with van der Waals surface area (Å²) < 4.78 is 4.70. The number of fused-ring (bicyclic) bond motifs is 8. The minimum absolute atomic E-state index is 0.765. The molecule has 0 saturated carbocycles. The molecule has 0 atom stereocenters. The first kappa shape index (κ1) is 66.9. The molecule has 0 aliphatic heterocycles. The zero-order valence-corrected chi connectivity index (χ0v) is 60.5. The minimum Gasteiger partial charge on any atom is -0.356 e. The highest BCUT2D eigenvalue weighted by Gasteiger charge is 2.18. The molecule has 0 aliphatic rings. The largest absolute Gasteiger partial charge is 0.356 e. The van der Waals surface area contributed by atoms with Gasteiger partial charge in [0.25, 0.3) is 0 Å². The highest BCUT2D eigenvalue weighted by molar-refractivity contribution is 6.30. The van der Waals surface area contributed by atoms with Crippen molar-refractivity contribution in [1.29, 1.82) is 0 Å². The van der Waals surface area contributed by atoms with Crippen LogP contribution in [0.15, 0.2) is 437 Å². The number of benzene rings is 18. The number of hydrogen-bond acceptors (Lipinski definition) is 2. The van der Waals surface area contributed by atoms with E-state index in [1.807, 2.05) is 30.3 Å². The summed E-state index contributed by atoms with van der Waals surface area (Å²) >= 11 is 5.95. The topological polar surface area (TPSA) is 25.1 Å². The van der Waals surface area contributed by atoms with Crippen LogP contribution in [-0.4, -0.2) is 9.13 Å². The molecule has 0 fully saturated rings. The molecule has 20 rings (SSSR count). The van der Waals surface area contributed by atoms with Crippen LogP contribution < -0.4 is 10.2 Å². The van der Waals surface area contributed by atoms with Crippen LogP contribution in [0.4, 0.5) is 28.4 Å². The highest BCUT2D eigenvalue weighted by Crippen LogP contribution is 2.41. The summed E-state index contributed by atoms with van der Waals surface area (Å²) in [7, 11) is 0. The van der Waals surface area contributed by atoms with Crippen molar-refractivity contribution in [3.63, 3.8) is 0 Å². The second-order valence-corrected chi connectivity index (χ2v) is 27.9. The standard InChI is InChI=1S/C52H36N2.C30H22N2.C22H15Cl/c1-2-10-37(11-3-1)40-24-28-45(29-25-40)53(47-32-34-48(35-33-47)54-51-16-8-6-14-49(51)50-15-7-9-17-52(50)54)46-30-26-41(27-31-46)39-18-20-42(21-19-39)44-23-22-38-12-4-5-13-43(38)36-44;1-2-8-22(9-3-1)23-14-16-24(17-15-23)31-25-18-20-26(21-19-25)32-29-12-6-4-10-27(29)28-11-5-7-13-30(28)32;23-22-13-11-18(12-14-22)17-5-7-19(8-6-17)21-10-9-16-3-1-2-4-20(16)15-21/h1-36H;1-21,31H;1-15H. The number of aromatic nitrogens is 2. The fourth-order valence-electron chi connectivity index (χ4n) is 15.2. The van der Waals surface area contributed by atoms with E-state index < -0.39 is 0 Å². The van der Waals surface area contributed by atoms with Crippen LogP contribution in [0, 0.1) is 0 Å². The molecule has 0 radical (unpaired) electrons. The van der Waals surface area contributed by atoms with E-state index in [9.17, 15) is 0 Å². The van der Waals surface area contributed by atoms with Crippen LogP contribution in [0.25, 0.3) is 143 Å². The number of rotatable bonds is 13. The van der Waals surface area contributed by atoms with E-state index in [2.05, 4.69) is 426 Å². The highest BCUT2D eigenvalue weighted by atomic mass is 35.5. The molecule has 1 N–H and O–H groups in total. The lowest BCUT2D eigenvalue weighted by atomic mass is 9.98. The maximum atomic E-state index is 5.95. The Labute approximate surface area is 640 Å². The molecule has 109 heavy (non-hydrogen) atoms. The van der Waals surface area contributed by atoms with Crippen molar-refractivity contribution in [1.82, 2.24) is 9.13 Å². The van der Waals surface area contributed by atoms with Gasteiger partial charge in [0, 0.05) is 66.4 Å². The predicted octanol–water partition coefficient (Wildman–Crippen LogP) is 29.4. The Morgan fingerprint density at radius 2 is 0.431 bits per heavy atom. The molecule has 20 aromatic rings. The van der Waals surface area contributed by atoms with Gasteiger partial charge in [-0.05, 0) is 222 Å². The monoisotopic (exact) mass is 1410 g/mol. The molecule has 4 nitrogen and oxygen atoms in total. The second kappa shape index (κ2) is 30.2. The van der Waals surface area contributed by atoms with E-state index in [0.29, 0.717) is 0 Å². The van der Waals surface area contributed by atoms with Gasteiger partial charge in [-0.25, -0.2) is 0 Å².